The van der Waals surface area contributed by atoms with Crippen LogP contribution in [0, 0.1) is 6.92 Å². The highest BCUT2D eigenvalue weighted by Gasteiger charge is 2.21. The number of carbonyl (C=O) groups is 2. The van der Waals surface area contributed by atoms with Crippen molar-refractivity contribution in [2.24, 2.45) is 0 Å². The van der Waals surface area contributed by atoms with E-state index in [0.717, 1.165) is 10.9 Å². The zero-order valence-electron chi connectivity index (χ0n) is 13.5. The molecule has 1 atom stereocenters. The fourth-order valence-corrected chi connectivity index (χ4v) is 2.31. The lowest BCUT2D eigenvalue weighted by Crippen LogP contribution is -2.39. The molecule has 122 valence electrons. The Morgan fingerprint density at radius 3 is 2.57 bits per heavy atom. The predicted octanol–water partition coefficient (Wildman–Crippen LogP) is 3.27. The van der Waals surface area contributed by atoms with E-state index in [1.807, 2.05) is 13.8 Å². The van der Waals surface area contributed by atoms with Crippen molar-refractivity contribution in [3.8, 4) is 0 Å². The molecule has 1 aromatic heterocycles. The van der Waals surface area contributed by atoms with E-state index < -0.39 is 12.1 Å². The number of carbonyl (C=O) groups excluding carboxylic acids is 2. The molecule has 0 fully saturated rings. The van der Waals surface area contributed by atoms with Gasteiger partial charge in [0.05, 0.1) is 16.8 Å². The molecule has 0 aliphatic rings. The molecular weight excluding hydrogens is 316 g/mol. The number of aromatic nitrogens is 1. The van der Waals surface area contributed by atoms with E-state index in [2.05, 4.69) is 10.3 Å². The van der Waals surface area contributed by atoms with Gasteiger partial charge in [-0.1, -0.05) is 11.6 Å². The number of hydrogen-bond acceptors (Lipinski definition) is 4. The number of esters is 1. The summed E-state index contributed by atoms with van der Waals surface area (Å²) < 4.78 is 5.24. The molecule has 0 aliphatic heterocycles. The number of aryl methyl sites for hydroxylation is 1. The molecule has 6 heteroatoms. The first kappa shape index (κ1) is 17.2. The number of rotatable bonds is 4. The van der Waals surface area contributed by atoms with E-state index in [1.165, 1.54) is 6.92 Å². The molecule has 0 spiro atoms. The van der Waals surface area contributed by atoms with Gasteiger partial charge in [0.1, 0.15) is 0 Å². The van der Waals surface area contributed by atoms with E-state index in [1.54, 1.807) is 31.2 Å². The number of pyridine rings is 1. The van der Waals surface area contributed by atoms with Gasteiger partial charge in [0.25, 0.3) is 5.91 Å². The van der Waals surface area contributed by atoms with Gasteiger partial charge in [0.15, 0.2) is 6.10 Å². The van der Waals surface area contributed by atoms with Gasteiger partial charge in [-0.05, 0) is 52.0 Å². The van der Waals surface area contributed by atoms with Gasteiger partial charge >= 0.3 is 5.97 Å². The smallest absolute Gasteiger partial charge is 0.340 e. The van der Waals surface area contributed by atoms with Gasteiger partial charge in [-0.25, -0.2) is 4.79 Å². The molecule has 1 unspecified atom stereocenters. The van der Waals surface area contributed by atoms with Gasteiger partial charge in [-0.2, -0.15) is 0 Å². The Morgan fingerprint density at radius 1 is 1.22 bits per heavy atom. The summed E-state index contributed by atoms with van der Waals surface area (Å²) in [6, 6.07) is 6.92. The maximum Gasteiger partial charge on any atom is 0.340 e. The van der Waals surface area contributed by atoms with Crippen molar-refractivity contribution in [1.82, 2.24) is 10.3 Å². The lowest BCUT2D eigenvalue weighted by Gasteiger charge is -2.16. The van der Waals surface area contributed by atoms with Crippen molar-refractivity contribution in [3.05, 3.63) is 40.5 Å². The summed E-state index contributed by atoms with van der Waals surface area (Å²) in [5.41, 5.74) is 1.61. The molecule has 0 aliphatic carbocycles. The monoisotopic (exact) mass is 334 g/mol. The van der Waals surface area contributed by atoms with Crippen molar-refractivity contribution < 1.29 is 14.3 Å². The number of ether oxygens (including phenoxy) is 1. The molecule has 23 heavy (non-hydrogen) atoms. The van der Waals surface area contributed by atoms with E-state index in [9.17, 15) is 9.59 Å². The highest BCUT2D eigenvalue weighted by Crippen LogP contribution is 2.21. The molecule has 5 nitrogen and oxygen atoms in total. The summed E-state index contributed by atoms with van der Waals surface area (Å²) in [5.74, 6) is -0.911. The number of benzene rings is 1. The fourth-order valence-electron chi connectivity index (χ4n) is 2.13. The Labute approximate surface area is 140 Å². The van der Waals surface area contributed by atoms with Crippen molar-refractivity contribution >= 4 is 34.4 Å². The first-order chi connectivity index (χ1) is 10.8. The summed E-state index contributed by atoms with van der Waals surface area (Å²) >= 11 is 5.97. The van der Waals surface area contributed by atoms with E-state index in [0.29, 0.717) is 16.3 Å². The third kappa shape index (κ3) is 4.20. The van der Waals surface area contributed by atoms with Crippen LogP contribution in [-0.4, -0.2) is 29.0 Å². The van der Waals surface area contributed by atoms with Gasteiger partial charge in [0, 0.05) is 16.5 Å². The zero-order valence-corrected chi connectivity index (χ0v) is 14.3. The second-order valence-corrected chi connectivity index (χ2v) is 6.11. The lowest BCUT2D eigenvalue weighted by atomic mass is 10.1. The molecule has 0 bridgehead atoms. The molecule has 0 radical (unpaired) electrons. The molecule has 2 rings (SSSR count). The second kappa shape index (κ2) is 6.96. The van der Waals surface area contributed by atoms with E-state index in [-0.39, 0.29) is 11.9 Å². The van der Waals surface area contributed by atoms with Crippen molar-refractivity contribution in [1.29, 1.82) is 0 Å². The van der Waals surface area contributed by atoms with Crippen LogP contribution < -0.4 is 5.32 Å². The normalized spacial score (nSPS) is 12.3. The number of nitrogens with zero attached hydrogens (tertiary/aromatic N) is 1. The summed E-state index contributed by atoms with van der Waals surface area (Å²) in [6.07, 6.45) is -0.876. The first-order valence-electron chi connectivity index (χ1n) is 7.36. The molecule has 1 aromatic carbocycles. The molecule has 1 heterocycles. The molecular formula is C17H19ClN2O3. The SMILES string of the molecule is Cc1nc2ccc(Cl)cc2cc1C(=O)OC(C)C(=O)NC(C)C. The molecule has 1 N–H and O–H groups in total. The van der Waals surface area contributed by atoms with Crippen LogP contribution in [0.2, 0.25) is 5.02 Å². The number of fused-ring (bicyclic) bond motifs is 1. The quantitative estimate of drug-likeness (QED) is 0.871. The highest BCUT2D eigenvalue weighted by atomic mass is 35.5. The van der Waals surface area contributed by atoms with Gasteiger partial charge in [-0.15, -0.1) is 0 Å². The number of nitrogens with one attached hydrogen (secondary N) is 1. The summed E-state index contributed by atoms with van der Waals surface area (Å²) in [7, 11) is 0. The molecule has 0 saturated heterocycles. The molecule has 2 aromatic rings. The third-order valence-electron chi connectivity index (χ3n) is 3.27. The van der Waals surface area contributed by atoms with E-state index >= 15 is 0 Å². The number of amides is 1. The van der Waals surface area contributed by atoms with Crippen LogP contribution in [0.5, 0.6) is 0 Å². The lowest BCUT2D eigenvalue weighted by molar-refractivity contribution is -0.129. The topological polar surface area (TPSA) is 68.3 Å². The average molecular weight is 335 g/mol. The minimum Gasteiger partial charge on any atom is -0.449 e. The fraction of sp³-hybridized carbons (Fsp3) is 0.353. The molecule has 1 amide bonds. The Morgan fingerprint density at radius 2 is 1.91 bits per heavy atom. The van der Waals surface area contributed by atoms with Crippen LogP contribution in [-0.2, 0) is 9.53 Å². The minimum atomic E-state index is -0.876. The van der Waals surface area contributed by atoms with Crippen LogP contribution in [0.15, 0.2) is 24.3 Å². The maximum atomic E-state index is 12.3. The average Bonchev–Trinajstić information content (AvgIpc) is 2.46. The van der Waals surface area contributed by atoms with Crippen molar-refractivity contribution in [2.45, 2.75) is 39.8 Å². The maximum absolute atomic E-state index is 12.3. The van der Waals surface area contributed by atoms with Crippen molar-refractivity contribution in [3.63, 3.8) is 0 Å². The van der Waals surface area contributed by atoms with Crippen LogP contribution in [0.1, 0.15) is 36.8 Å². The van der Waals surface area contributed by atoms with Crippen LogP contribution >= 0.6 is 11.6 Å². The van der Waals surface area contributed by atoms with Crippen LogP contribution in [0.4, 0.5) is 0 Å². The Hall–Kier alpha value is -2.14. The summed E-state index contributed by atoms with van der Waals surface area (Å²) in [4.78, 5) is 28.5. The van der Waals surface area contributed by atoms with Gasteiger partial charge in [-0.3, -0.25) is 9.78 Å². The largest absolute Gasteiger partial charge is 0.449 e. The zero-order chi connectivity index (χ0) is 17.1. The molecule has 0 saturated carbocycles. The Bertz CT molecular complexity index is 759. The van der Waals surface area contributed by atoms with E-state index in [4.69, 9.17) is 16.3 Å². The minimum absolute atomic E-state index is 0.0186. The van der Waals surface area contributed by atoms with Crippen molar-refractivity contribution in [2.75, 3.05) is 0 Å². The Kier molecular flexibility index (Phi) is 5.21. The van der Waals surface area contributed by atoms with Crippen LogP contribution in [0.25, 0.3) is 10.9 Å². The van der Waals surface area contributed by atoms with Crippen LogP contribution in [0.3, 0.4) is 0 Å². The number of halogens is 1. The van der Waals surface area contributed by atoms with Gasteiger partial charge in [0.2, 0.25) is 0 Å². The third-order valence-corrected chi connectivity index (χ3v) is 3.51. The summed E-state index contributed by atoms with van der Waals surface area (Å²) in [5, 5.41) is 4.01. The first-order valence-corrected chi connectivity index (χ1v) is 7.74. The second-order valence-electron chi connectivity index (χ2n) is 5.67. The Balaban J connectivity index is 2.23. The van der Waals surface area contributed by atoms with Gasteiger partial charge < -0.3 is 10.1 Å². The standard InChI is InChI=1S/C17H19ClN2O3/c1-9(2)19-16(21)11(4)23-17(22)14-8-12-7-13(18)5-6-15(12)20-10(14)3/h5-9,11H,1-4H3,(H,19,21). The number of hydrogen-bond donors (Lipinski definition) is 1. The summed E-state index contributed by atoms with van der Waals surface area (Å²) in [6.45, 7) is 6.95. The highest BCUT2D eigenvalue weighted by molar-refractivity contribution is 6.31. The predicted molar refractivity (Wildman–Crippen MR) is 89.6 cm³/mol.